The van der Waals surface area contributed by atoms with Crippen molar-refractivity contribution in [3.8, 4) is 5.69 Å². The van der Waals surface area contributed by atoms with Gasteiger partial charge in [0.1, 0.15) is 0 Å². The highest BCUT2D eigenvalue weighted by molar-refractivity contribution is 5.36. The summed E-state index contributed by atoms with van der Waals surface area (Å²) in [7, 11) is 0. The first kappa shape index (κ1) is 11.7. The fourth-order valence-electron chi connectivity index (χ4n) is 1.53. The normalized spacial score (nSPS) is 11.1. The Kier molecular flexibility index (Phi) is 3.14. The summed E-state index contributed by atoms with van der Waals surface area (Å²) in [6.45, 7) is 1.53. The molecule has 0 saturated carbocycles. The highest BCUT2D eigenvalue weighted by Gasteiger charge is 2.11. The van der Waals surface area contributed by atoms with Crippen LogP contribution in [0.5, 0.6) is 0 Å². The molecule has 1 aromatic carbocycles. The number of aliphatic hydroxyl groups excluding tert-OH is 1. The van der Waals surface area contributed by atoms with Crippen LogP contribution in [0.25, 0.3) is 5.69 Å². The van der Waals surface area contributed by atoms with Gasteiger partial charge >= 0.3 is 0 Å². The van der Waals surface area contributed by atoms with Gasteiger partial charge in [0.25, 0.3) is 6.43 Å². The maximum Gasteiger partial charge on any atom is 0.263 e. The largest absolute Gasteiger partial charge is 0.390 e. The number of nitrogens with zero attached hydrogens (tertiary/aromatic N) is 3. The van der Waals surface area contributed by atoms with Crippen LogP contribution >= 0.6 is 0 Å². The van der Waals surface area contributed by atoms with Crippen molar-refractivity contribution in [2.45, 2.75) is 20.0 Å². The summed E-state index contributed by atoms with van der Waals surface area (Å²) in [6.07, 6.45) is -2.49. The molecular weight excluding hydrogens is 228 g/mol. The molecule has 0 spiro atoms. The number of hydrogen-bond donors (Lipinski definition) is 1. The molecule has 2 aromatic rings. The smallest absolute Gasteiger partial charge is 0.263 e. The minimum atomic E-state index is -2.49. The van der Waals surface area contributed by atoms with Crippen molar-refractivity contribution in [3.05, 3.63) is 41.2 Å². The van der Waals surface area contributed by atoms with E-state index in [0.29, 0.717) is 17.1 Å². The highest BCUT2D eigenvalue weighted by Crippen LogP contribution is 2.20. The van der Waals surface area contributed by atoms with Crippen LogP contribution in [-0.4, -0.2) is 20.1 Å². The maximum absolute atomic E-state index is 12.4. The molecule has 90 valence electrons. The number of aromatic nitrogens is 3. The maximum atomic E-state index is 12.4. The summed E-state index contributed by atoms with van der Waals surface area (Å²) in [6, 6.07) is 5.71. The molecule has 0 aliphatic heterocycles. The van der Waals surface area contributed by atoms with Crippen LogP contribution in [0.15, 0.2) is 24.3 Å². The quantitative estimate of drug-likeness (QED) is 0.891. The lowest BCUT2D eigenvalue weighted by Gasteiger charge is -2.05. The molecule has 0 fully saturated rings. The second-order valence-corrected chi connectivity index (χ2v) is 3.58. The fraction of sp³-hybridized carbons (Fsp3) is 0.273. The number of aliphatic hydroxyl groups is 1. The van der Waals surface area contributed by atoms with E-state index in [1.165, 1.54) is 28.9 Å². The van der Waals surface area contributed by atoms with Gasteiger partial charge in [0.15, 0.2) is 0 Å². The van der Waals surface area contributed by atoms with Gasteiger partial charge in [-0.1, -0.05) is 17.3 Å². The van der Waals surface area contributed by atoms with E-state index in [1.54, 1.807) is 6.92 Å². The van der Waals surface area contributed by atoms with Gasteiger partial charge in [-0.3, -0.25) is 0 Å². The van der Waals surface area contributed by atoms with E-state index in [4.69, 9.17) is 0 Å². The summed E-state index contributed by atoms with van der Waals surface area (Å²) in [5, 5.41) is 16.8. The molecule has 0 radical (unpaired) electrons. The Morgan fingerprint density at radius 3 is 2.47 bits per heavy atom. The highest BCUT2D eigenvalue weighted by atomic mass is 19.3. The van der Waals surface area contributed by atoms with Gasteiger partial charge in [-0.25, -0.2) is 13.5 Å². The molecule has 0 aliphatic carbocycles. The standard InChI is InChI=1S/C11H11F2N3O/c1-7-10(6-17)16(15-14-7)9-4-2-8(3-5-9)11(12)13/h2-5,11,17H,6H2,1H3. The lowest BCUT2D eigenvalue weighted by molar-refractivity contribution is 0.151. The summed E-state index contributed by atoms with van der Waals surface area (Å²) in [5.74, 6) is 0. The van der Waals surface area contributed by atoms with Crippen LogP contribution in [-0.2, 0) is 6.61 Å². The topological polar surface area (TPSA) is 50.9 Å². The average molecular weight is 239 g/mol. The zero-order valence-electron chi connectivity index (χ0n) is 9.14. The molecule has 0 unspecified atom stereocenters. The van der Waals surface area contributed by atoms with Crippen molar-refractivity contribution in [1.82, 2.24) is 15.0 Å². The van der Waals surface area contributed by atoms with Gasteiger partial charge < -0.3 is 5.11 Å². The van der Waals surface area contributed by atoms with E-state index in [9.17, 15) is 13.9 Å². The number of hydrogen-bond acceptors (Lipinski definition) is 3. The SMILES string of the molecule is Cc1nnn(-c2ccc(C(F)F)cc2)c1CO. The van der Waals surface area contributed by atoms with Gasteiger partial charge in [-0.15, -0.1) is 5.10 Å². The monoisotopic (exact) mass is 239 g/mol. The Morgan fingerprint density at radius 1 is 1.29 bits per heavy atom. The average Bonchev–Trinajstić information content (AvgIpc) is 2.70. The van der Waals surface area contributed by atoms with Gasteiger partial charge in [0.05, 0.1) is 23.7 Å². The number of halogens is 2. The molecule has 0 atom stereocenters. The van der Waals surface area contributed by atoms with E-state index in [2.05, 4.69) is 10.3 Å². The first-order chi connectivity index (χ1) is 8.13. The molecule has 6 heteroatoms. The molecule has 0 saturated heterocycles. The number of aryl methyl sites for hydroxylation is 1. The predicted octanol–water partition coefficient (Wildman–Crippen LogP) is 2.01. The minimum absolute atomic E-state index is 0.0452. The zero-order valence-corrected chi connectivity index (χ0v) is 9.14. The van der Waals surface area contributed by atoms with Crippen LogP contribution in [0.2, 0.25) is 0 Å². The molecule has 0 aliphatic rings. The number of rotatable bonds is 3. The van der Waals surface area contributed by atoms with E-state index < -0.39 is 6.43 Å². The van der Waals surface area contributed by atoms with Gasteiger partial charge in [0.2, 0.25) is 0 Å². The fourth-order valence-corrected chi connectivity index (χ4v) is 1.53. The minimum Gasteiger partial charge on any atom is -0.390 e. The van der Waals surface area contributed by atoms with E-state index in [1.807, 2.05) is 0 Å². The van der Waals surface area contributed by atoms with Crippen LogP contribution in [0.4, 0.5) is 8.78 Å². The summed E-state index contributed by atoms with van der Waals surface area (Å²) >= 11 is 0. The van der Waals surface area contributed by atoms with Crippen molar-refractivity contribution >= 4 is 0 Å². The van der Waals surface area contributed by atoms with E-state index in [0.717, 1.165) is 0 Å². The van der Waals surface area contributed by atoms with Crippen molar-refractivity contribution in [1.29, 1.82) is 0 Å². The third kappa shape index (κ3) is 2.16. The van der Waals surface area contributed by atoms with Crippen molar-refractivity contribution in [2.24, 2.45) is 0 Å². The lowest BCUT2D eigenvalue weighted by atomic mass is 10.2. The van der Waals surface area contributed by atoms with E-state index in [-0.39, 0.29) is 12.2 Å². The second-order valence-electron chi connectivity index (χ2n) is 3.58. The molecule has 0 bridgehead atoms. The Bertz CT molecular complexity index is 508. The summed E-state index contributed by atoms with van der Waals surface area (Å²) in [4.78, 5) is 0. The summed E-state index contributed by atoms with van der Waals surface area (Å²) < 4.78 is 26.2. The number of alkyl halides is 2. The predicted molar refractivity (Wildman–Crippen MR) is 57.0 cm³/mol. The second kappa shape index (κ2) is 4.58. The molecule has 0 amide bonds. The van der Waals surface area contributed by atoms with Crippen LogP contribution < -0.4 is 0 Å². The van der Waals surface area contributed by atoms with Gasteiger partial charge in [-0.05, 0) is 19.1 Å². The molecule has 2 rings (SSSR count). The third-order valence-electron chi connectivity index (χ3n) is 2.50. The zero-order chi connectivity index (χ0) is 12.4. The molecule has 17 heavy (non-hydrogen) atoms. The summed E-state index contributed by atoms with van der Waals surface area (Å²) in [5.41, 5.74) is 1.72. The Morgan fingerprint density at radius 2 is 1.94 bits per heavy atom. The van der Waals surface area contributed by atoms with E-state index >= 15 is 0 Å². The molecule has 4 nitrogen and oxygen atoms in total. The van der Waals surface area contributed by atoms with Crippen LogP contribution in [0, 0.1) is 6.92 Å². The molecule has 1 heterocycles. The van der Waals surface area contributed by atoms with Crippen LogP contribution in [0.1, 0.15) is 23.4 Å². The molecule has 1 aromatic heterocycles. The Hall–Kier alpha value is -1.82. The Labute approximate surface area is 96.5 Å². The molecule has 1 N–H and O–H groups in total. The van der Waals surface area contributed by atoms with Crippen molar-refractivity contribution < 1.29 is 13.9 Å². The third-order valence-corrected chi connectivity index (χ3v) is 2.50. The molecular formula is C11H11F2N3O. The van der Waals surface area contributed by atoms with Crippen molar-refractivity contribution in [3.63, 3.8) is 0 Å². The van der Waals surface area contributed by atoms with Crippen LogP contribution in [0.3, 0.4) is 0 Å². The first-order valence-electron chi connectivity index (χ1n) is 5.04. The van der Waals surface area contributed by atoms with Gasteiger partial charge in [-0.2, -0.15) is 0 Å². The lowest BCUT2D eigenvalue weighted by Crippen LogP contribution is -2.03. The number of benzene rings is 1. The van der Waals surface area contributed by atoms with Crippen molar-refractivity contribution in [2.75, 3.05) is 0 Å². The Balaban J connectivity index is 2.39. The van der Waals surface area contributed by atoms with Gasteiger partial charge in [0, 0.05) is 5.56 Å². The first-order valence-corrected chi connectivity index (χ1v) is 5.04.